The molecule has 0 spiro atoms. The standard InChI is InChI=1S/C14H27N/c1-10(2)15-8-6-7-11-12(9-13(11)15)14(3,4)5/h10-13H,6-9H2,1-5H3. The van der Waals surface area contributed by atoms with E-state index in [1.165, 1.54) is 25.8 Å². The quantitative estimate of drug-likeness (QED) is 0.638. The van der Waals surface area contributed by atoms with Crippen LogP contribution in [-0.2, 0) is 0 Å². The highest BCUT2D eigenvalue weighted by molar-refractivity contribution is 5.02. The summed E-state index contributed by atoms with van der Waals surface area (Å²) in [5, 5.41) is 0. The Morgan fingerprint density at radius 3 is 2.40 bits per heavy atom. The summed E-state index contributed by atoms with van der Waals surface area (Å²) in [5.41, 5.74) is 0.529. The van der Waals surface area contributed by atoms with Crippen LogP contribution in [0.4, 0.5) is 0 Å². The summed E-state index contributed by atoms with van der Waals surface area (Å²) in [6.45, 7) is 13.3. The normalized spacial score (nSPS) is 37.6. The van der Waals surface area contributed by atoms with Crippen LogP contribution in [0.5, 0.6) is 0 Å². The topological polar surface area (TPSA) is 3.24 Å². The van der Waals surface area contributed by atoms with Crippen molar-refractivity contribution >= 4 is 0 Å². The van der Waals surface area contributed by atoms with Gasteiger partial charge in [0, 0.05) is 12.1 Å². The van der Waals surface area contributed by atoms with Crippen LogP contribution >= 0.6 is 0 Å². The molecule has 3 atom stereocenters. The predicted molar refractivity (Wildman–Crippen MR) is 65.9 cm³/mol. The van der Waals surface area contributed by atoms with Crippen molar-refractivity contribution in [3.8, 4) is 0 Å². The molecule has 1 aliphatic heterocycles. The van der Waals surface area contributed by atoms with Gasteiger partial charge in [-0.3, -0.25) is 4.90 Å². The van der Waals surface area contributed by atoms with Gasteiger partial charge in [0.2, 0.25) is 0 Å². The highest BCUT2D eigenvalue weighted by Gasteiger charge is 2.50. The molecule has 0 aromatic rings. The maximum absolute atomic E-state index is 2.75. The van der Waals surface area contributed by atoms with Crippen molar-refractivity contribution in [1.82, 2.24) is 4.90 Å². The molecule has 2 aliphatic rings. The van der Waals surface area contributed by atoms with Gasteiger partial charge in [0.15, 0.2) is 0 Å². The smallest absolute Gasteiger partial charge is 0.0132 e. The van der Waals surface area contributed by atoms with Gasteiger partial charge in [-0.2, -0.15) is 0 Å². The van der Waals surface area contributed by atoms with Crippen LogP contribution in [0.25, 0.3) is 0 Å². The van der Waals surface area contributed by atoms with Crippen molar-refractivity contribution in [3.05, 3.63) is 0 Å². The molecule has 0 aromatic heterocycles. The second kappa shape index (κ2) is 3.76. The van der Waals surface area contributed by atoms with Crippen molar-refractivity contribution in [1.29, 1.82) is 0 Å². The van der Waals surface area contributed by atoms with Gasteiger partial charge in [-0.15, -0.1) is 0 Å². The number of fused-ring (bicyclic) bond motifs is 1. The molecule has 2 rings (SSSR count). The minimum atomic E-state index is 0.529. The fourth-order valence-electron chi connectivity index (χ4n) is 3.77. The molecule has 1 nitrogen and oxygen atoms in total. The Morgan fingerprint density at radius 2 is 1.87 bits per heavy atom. The van der Waals surface area contributed by atoms with Gasteiger partial charge in [0.05, 0.1) is 0 Å². The lowest BCUT2D eigenvalue weighted by Crippen LogP contribution is -2.60. The summed E-state index contributed by atoms with van der Waals surface area (Å²) in [6, 6.07) is 1.67. The maximum Gasteiger partial charge on any atom is 0.0132 e. The largest absolute Gasteiger partial charge is 0.298 e. The van der Waals surface area contributed by atoms with Gasteiger partial charge in [-0.1, -0.05) is 20.8 Å². The van der Waals surface area contributed by atoms with Crippen LogP contribution in [0.1, 0.15) is 53.9 Å². The maximum atomic E-state index is 2.75. The molecule has 1 heteroatoms. The minimum Gasteiger partial charge on any atom is -0.298 e. The SMILES string of the molecule is CC(C)N1CCCC2C1CC2C(C)(C)C. The van der Waals surface area contributed by atoms with E-state index < -0.39 is 0 Å². The molecule has 1 saturated carbocycles. The molecule has 0 aromatic carbocycles. The Labute approximate surface area is 95.2 Å². The Hall–Kier alpha value is -0.0400. The average molecular weight is 209 g/mol. The van der Waals surface area contributed by atoms with E-state index in [0.717, 1.165) is 23.9 Å². The van der Waals surface area contributed by atoms with Crippen LogP contribution in [0.3, 0.4) is 0 Å². The van der Waals surface area contributed by atoms with Crippen LogP contribution in [0, 0.1) is 17.3 Å². The van der Waals surface area contributed by atoms with Gasteiger partial charge >= 0.3 is 0 Å². The zero-order chi connectivity index (χ0) is 11.2. The number of nitrogens with zero attached hydrogens (tertiary/aromatic N) is 1. The monoisotopic (exact) mass is 209 g/mol. The average Bonchev–Trinajstić information content (AvgIpc) is 2.03. The molecule has 1 aliphatic carbocycles. The van der Waals surface area contributed by atoms with Crippen molar-refractivity contribution in [3.63, 3.8) is 0 Å². The third kappa shape index (κ3) is 1.95. The van der Waals surface area contributed by atoms with Crippen molar-refractivity contribution in [2.75, 3.05) is 6.54 Å². The molecule has 2 fully saturated rings. The van der Waals surface area contributed by atoms with Gasteiger partial charge in [0.25, 0.3) is 0 Å². The molecule has 1 heterocycles. The molecule has 1 saturated heterocycles. The second-order valence-electron chi connectivity index (χ2n) is 6.91. The van der Waals surface area contributed by atoms with Gasteiger partial charge in [0.1, 0.15) is 0 Å². The van der Waals surface area contributed by atoms with Crippen molar-refractivity contribution < 1.29 is 0 Å². The summed E-state index contributed by atoms with van der Waals surface area (Å²) in [5.74, 6) is 1.98. The van der Waals surface area contributed by atoms with E-state index in [4.69, 9.17) is 0 Å². The predicted octanol–water partition coefficient (Wildman–Crippen LogP) is 3.54. The Balaban J connectivity index is 2.02. The molecule has 0 radical (unpaired) electrons. The molecule has 0 bridgehead atoms. The van der Waals surface area contributed by atoms with Gasteiger partial charge < -0.3 is 0 Å². The van der Waals surface area contributed by atoms with Crippen LogP contribution in [0.2, 0.25) is 0 Å². The van der Waals surface area contributed by atoms with E-state index in [9.17, 15) is 0 Å². The number of likely N-dealkylation sites (tertiary alicyclic amines) is 1. The lowest BCUT2D eigenvalue weighted by atomic mass is 9.56. The highest BCUT2D eigenvalue weighted by Crippen LogP contribution is 2.52. The third-order valence-electron chi connectivity index (χ3n) is 4.66. The number of rotatable bonds is 1. The van der Waals surface area contributed by atoms with E-state index in [1.807, 2.05) is 0 Å². The number of hydrogen-bond donors (Lipinski definition) is 0. The van der Waals surface area contributed by atoms with Crippen molar-refractivity contribution in [2.24, 2.45) is 17.3 Å². The summed E-state index contributed by atoms with van der Waals surface area (Å²) < 4.78 is 0. The second-order valence-corrected chi connectivity index (χ2v) is 6.91. The zero-order valence-corrected chi connectivity index (χ0v) is 11.1. The van der Waals surface area contributed by atoms with E-state index in [2.05, 4.69) is 39.5 Å². The summed E-state index contributed by atoms with van der Waals surface area (Å²) >= 11 is 0. The van der Waals surface area contributed by atoms with E-state index in [-0.39, 0.29) is 0 Å². The highest BCUT2D eigenvalue weighted by atomic mass is 15.2. The summed E-state index contributed by atoms with van der Waals surface area (Å²) in [4.78, 5) is 2.75. The fourth-order valence-corrected chi connectivity index (χ4v) is 3.77. The molecular weight excluding hydrogens is 182 g/mol. The Morgan fingerprint density at radius 1 is 1.20 bits per heavy atom. The first-order chi connectivity index (χ1) is 6.91. The zero-order valence-electron chi connectivity index (χ0n) is 11.1. The Kier molecular flexibility index (Phi) is 2.87. The van der Waals surface area contributed by atoms with Gasteiger partial charge in [-0.05, 0) is 56.9 Å². The van der Waals surface area contributed by atoms with Gasteiger partial charge in [-0.25, -0.2) is 0 Å². The van der Waals surface area contributed by atoms with E-state index >= 15 is 0 Å². The molecule has 0 N–H and O–H groups in total. The number of hydrogen-bond acceptors (Lipinski definition) is 1. The molecular formula is C14H27N. The summed E-state index contributed by atoms with van der Waals surface area (Å²) in [7, 11) is 0. The first-order valence-electron chi connectivity index (χ1n) is 6.67. The molecule has 15 heavy (non-hydrogen) atoms. The van der Waals surface area contributed by atoms with E-state index in [0.29, 0.717) is 5.41 Å². The third-order valence-corrected chi connectivity index (χ3v) is 4.66. The van der Waals surface area contributed by atoms with Crippen LogP contribution in [0.15, 0.2) is 0 Å². The first-order valence-corrected chi connectivity index (χ1v) is 6.67. The molecule has 88 valence electrons. The molecule has 3 unspecified atom stereocenters. The minimum absolute atomic E-state index is 0.529. The summed E-state index contributed by atoms with van der Waals surface area (Å²) in [6.07, 6.45) is 4.36. The lowest BCUT2D eigenvalue weighted by molar-refractivity contribution is -0.0885. The fraction of sp³-hybridized carbons (Fsp3) is 1.00. The van der Waals surface area contributed by atoms with Crippen LogP contribution in [-0.4, -0.2) is 23.5 Å². The lowest BCUT2D eigenvalue weighted by Gasteiger charge is -2.58. The number of piperidine rings is 1. The van der Waals surface area contributed by atoms with Crippen molar-refractivity contribution in [2.45, 2.75) is 66.0 Å². The molecule has 0 amide bonds. The first kappa shape index (κ1) is 11.4. The van der Waals surface area contributed by atoms with E-state index in [1.54, 1.807) is 0 Å². The van der Waals surface area contributed by atoms with Crippen LogP contribution < -0.4 is 0 Å². The Bertz CT molecular complexity index is 226.